The molecule has 15 heavy (non-hydrogen) atoms. The summed E-state index contributed by atoms with van der Waals surface area (Å²) in [4.78, 5) is 0. The summed E-state index contributed by atoms with van der Waals surface area (Å²) in [5.41, 5.74) is 1.44. The van der Waals surface area contributed by atoms with Crippen molar-refractivity contribution in [1.82, 2.24) is 0 Å². The van der Waals surface area contributed by atoms with Crippen LogP contribution >= 0.6 is 0 Å². The standard InChI is InChI=1S/C15H26/c1-12(2)14-9-6-10-15(11-14)13-7-4-3-5-8-13/h13-15H,1,3-11H2,2H3. The van der Waals surface area contributed by atoms with Crippen LogP contribution in [0.1, 0.15) is 64.7 Å². The van der Waals surface area contributed by atoms with Crippen LogP contribution in [0.3, 0.4) is 0 Å². The van der Waals surface area contributed by atoms with Crippen molar-refractivity contribution >= 4 is 0 Å². The first kappa shape index (κ1) is 11.2. The molecule has 0 saturated heterocycles. The Bertz CT molecular complexity index is 210. The van der Waals surface area contributed by atoms with Gasteiger partial charge in [-0.05, 0) is 37.5 Å². The molecule has 0 aromatic carbocycles. The first-order chi connectivity index (χ1) is 7.27. The number of hydrogen-bond acceptors (Lipinski definition) is 0. The minimum Gasteiger partial charge on any atom is -0.0999 e. The quantitative estimate of drug-likeness (QED) is 0.561. The smallest absolute Gasteiger partial charge is 0.0206 e. The van der Waals surface area contributed by atoms with E-state index in [-0.39, 0.29) is 0 Å². The fourth-order valence-corrected chi connectivity index (χ4v) is 3.71. The van der Waals surface area contributed by atoms with Gasteiger partial charge in [-0.25, -0.2) is 0 Å². The lowest BCUT2D eigenvalue weighted by Gasteiger charge is -2.36. The molecule has 0 bridgehead atoms. The van der Waals surface area contributed by atoms with Crippen LogP contribution in [0.2, 0.25) is 0 Å². The molecule has 0 aliphatic heterocycles. The molecule has 0 spiro atoms. The minimum absolute atomic E-state index is 0.852. The van der Waals surface area contributed by atoms with Crippen molar-refractivity contribution in [2.45, 2.75) is 64.7 Å². The lowest BCUT2D eigenvalue weighted by Crippen LogP contribution is -2.24. The van der Waals surface area contributed by atoms with E-state index in [0.717, 1.165) is 17.8 Å². The van der Waals surface area contributed by atoms with Crippen molar-refractivity contribution in [3.63, 3.8) is 0 Å². The van der Waals surface area contributed by atoms with E-state index in [1.165, 1.54) is 63.4 Å². The van der Waals surface area contributed by atoms with Crippen LogP contribution < -0.4 is 0 Å². The molecule has 0 heterocycles. The zero-order valence-electron chi connectivity index (χ0n) is 10.3. The second kappa shape index (κ2) is 5.18. The molecule has 86 valence electrons. The van der Waals surface area contributed by atoms with Crippen LogP contribution in [-0.4, -0.2) is 0 Å². The average molecular weight is 206 g/mol. The SMILES string of the molecule is C=C(C)C1CCCC(C2CCCCC2)C1. The molecule has 2 saturated carbocycles. The van der Waals surface area contributed by atoms with Gasteiger partial charge in [0.05, 0.1) is 0 Å². The second-order valence-electron chi connectivity index (χ2n) is 5.87. The highest BCUT2D eigenvalue weighted by Crippen LogP contribution is 2.41. The van der Waals surface area contributed by atoms with Gasteiger partial charge in [-0.3, -0.25) is 0 Å². The first-order valence-electron chi connectivity index (χ1n) is 6.93. The summed E-state index contributed by atoms with van der Waals surface area (Å²) in [7, 11) is 0. The molecule has 2 aliphatic rings. The van der Waals surface area contributed by atoms with Crippen molar-refractivity contribution in [3.8, 4) is 0 Å². The normalized spacial score (nSPS) is 33.9. The Morgan fingerprint density at radius 2 is 1.53 bits per heavy atom. The van der Waals surface area contributed by atoms with Gasteiger partial charge < -0.3 is 0 Å². The lowest BCUT2D eigenvalue weighted by atomic mass is 9.69. The highest BCUT2D eigenvalue weighted by molar-refractivity contribution is 4.99. The van der Waals surface area contributed by atoms with Gasteiger partial charge in [0.25, 0.3) is 0 Å². The average Bonchev–Trinajstić information content (AvgIpc) is 2.30. The molecule has 2 unspecified atom stereocenters. The Balaban J connectivity index is 1.88. The Kier molecular flexibility index (Phi) is 3.88. The fraction of sp³-hybridized carbons (Fsp3) is 0.867. The van der Waals surface area contributed by atoms with Crippen LogP contribution in [0, 0.1) is 17.8 Å². The van der Waals surface area contributed by atoms with Crippen molar-refractivity contribution in [3.05, 3.63) is 12.2 Å². The van der Waals surface area contributed by atoms with E-state index >= 15 is 0 Å². The maximum absolute atomic E-state index is 4.16. The molecule has 0 nitrogen and oxygen atoms in total. The summed E-state index contributed by atoms with van der Waals surface area (Å²) >= 11 is 0. The van der Waals surface area contributed by atoms with E-state index < -0.39 is 0 Å². The summed E-state index contributed by atoms with van der Waals surface area (Å²) in [5.74, 6) is 2.97. The summed E-state index contributed by atoms with van der Waals surface area (Å²) in [5, 5.41) is 0. The first-order valence-corrected chi connectivity index (χ1v) is 6.93. The number of allylic oxidation sites excluding steroid dienone is 1. The van der Waals surface area contributed by atoms with Gasteiger partial charge in [-0.2, -0.15) is 0 Å². The van der Waals surface area contributed by atoms with Gasteiger partial charge in [-0.1, -0.05) is 57.1 Å². The van der Waals surface area contributed by atoms with Crippen molar-refractivity contribution in [2.75, 3.05) is 0 Å². The maximum Gasteiger partial charge on any atom is -0.0206 e. The molecule has 0 heteroatoms. The maximum atomic E-state index is 4.16. The largest absolute Gasteiger partial charge is 0.0999 e. The zero-order valence-corrected chi connectivity index (χ0v) is 10.3. The third-order valence-corrected chi connectivity index (χ3v) is 4.73. The van der Waals surface area contributed by atoms with E-state index in [1.54, 1.807) is 0 Å². The van der Waals surface area contributed by atoms with E-state index in [2.05, 4.69) is 13.5 Å². The summed E-state index contributed by atoms with van der Waals surface area (Å²) in [6.07, 6.45) is 13.4. The van der Waals surface area contributed by atoms with Gasteiger partial charge in [-0.15, -0.1) is 0 Å². The zero-order chi connectivity index (χ0) is 10.7. The highest BCUT2D eigenvalue weighted by Gasteiger charge is 2.29. The minimum atomic E-state index is 0.852. The van der Waals surface area contributed by atoms with Crippen molar-refractivity contribution in [1.29, 1.82) is 0 Å². The van der Waals surface area contributed by atoms with Crippen LogP contribution in [0.25, 0.3) is 0 Å². The van der Waals surface area contributed by atoms with Crippen LogP contribution in [0.4, 0.5) is 0 Å². The van der Waals surface area contributed by atoms with Crippen LogP contribution in [0.15, 0.2) is 12.2 Å². The monoisotopic (exact) mass is 206 g/mol. The summed E-state index contributed by atoms with van der Waals surface area (Å²) in [6, 6.07) is 0. The van der Waals surface area contributed by atoms with Gasteiger partial charge in [0, 0.05) is 0 Å². The second-order valence-corrected chi connectivity index (χ2v) is 5.87. The molecular formula is C15H26. The van der Waals surface area contributed by atoms with E-state index in [4.69, 9.17) is 0 Å². The molecule has 2 atom stereocenters. The Hall–Kier alpha value is -0.260. The summed E-state index contributed by atoms with van der Waals surface area (Å²) in [6.45, 7) is 6.39. The van der Waals surface area contributed by atoms with E-state index in [9.17, 15) is 0 Å². The lowest BCUT2D eigenvalue weighted by molar-refractivity contribution is 0.171. The fourth-order valence-electron chi connectivity index (χ4n) is 3.71. The third kappa shape index (κ3) is 2.86. The Morgan fingerprint density at radius 3 is 2.20 bits per heavy atom. The molecule has 0 aromatic rings. The van der Waals surface area contributed by atoms with E-state index in [0.29, 0.717) is 0 Å². The predicted molar refractivity (Wildman–Crippen MR) is 66.8 cm³/mol. The molecule has 2 rings (SSSR count). The molecule has 2 aliphatic carbocycles. The molecule has 0 amide bonds. The number of rotatable bonds is 2. The molecule has 0 radical (unpaired) electrons. The van der Waals surface area contributed by atoms with E-state index in [1.807, 2.05) is 0 Å². The topological polar surface area (TPSA) is 0 Å². The Labute approximate surface area is 95.1 Å². The molecule has 0 aromatic heterocycles. The van der Waals surface area contributed by atoms with Crippen molar-refractivity contribution in [2.24, 2.45) is 17.8 Å². The van der Waals surface area contributed by atoms with Gasteiger partial charge in [0.2, 0.25) is 0 Å². The predicted octanol–water partition coefficient (Wildman–Crippen LogP) is 4.95. The van der Waals surface area contributed by atoms with Crippen LogP contribution in [0.5, 0.6) is 0 Å². The molecule has 0 N–H and O–H groups in total. The third-order valence-electron chi connectivity index (χ3n) is 4.73. The van der Waals surface area contributed by atoms with Gasteiger partial charge in [0.15, 0.2) is 0 Å². The van der Waals surface area contributed by atoms with Crippen molar-refractivity contribution < 1.29 is 0 Å². The molecular weight excluding hydrogens is 180 g/mol. The van der Waals surface area contributed by atoms with Gasteiger partial charge >= 0.3 is 0 Å². The molecule has 2 fully saturated rings. The Morgan fingerprint density at radius 1 is 0.867 bits per heavy atom. The van der Waals surface area contributed by atoms with Gasteiger partial charge in [0.1, 0.15) is 0 Å². The summed E-state index contributed by atoms with van der Waals surface area (Å²) < 4.78 is 0. The van der Waals surface area contributed by atoms with Crippen LogP contribution in [-0.2, 0) is 0 Å². The number of hydrogen-bond donors (Lipinski definition) is 0. The highest BCUT2D eigenvalue weighted by atomic mass is 14.3.